The van der Waals surface area contributed by atoms with E-state index in [2.05, 4.69) is 5.10 Å². The van der Waals surface area contributed by atoms with Crippen LogP contribution in [0.1, 0.15) is 31.3 Å². The first-order chi connectivity index (χ1) is 11.9. The normalized spacial score (nSPS) is 11.9. The van der Waals surface area contributed by atoms with Crippen LogP contribution in [0.3, 0.4) is 0 Å². The fourth-order valence-electron chi connectivity index (χ4n) is 2.71. The molecule has 1 heterocycles. The van der Waals surface area contributed by atoms with Crippen LogP contribution in [0, 0.1) is 13.8 Å². The van der Waals surface area contributed by atoms with Gasteiger partial charge in [-0.1, -0.05) is 12.1 Å². The van der Waals surface area contributed by atoms with Crippen molar-refractivity contribution in [3.05, 3.63) is 41.7 Å². The van der Waals surface area contributed by atoms with E-state index in [1.165, 1.54) is 0 Å². The summed E-state index contributed by atoms with van der Waals surface area (Å²) >= 11 is 0. The molecule has 0 radical (unpaired) electrons. The molecule has 1 amide bonds. The van der Waals surface area contributed by atoms with Gasteiger partial charge < -0.3 is 14.4 Å². The van der Waals surface area contributed by atoms with Gasteiger partial charge in [0.2, 0.25) is 5.91 Å². The van der Waals surface area contributed by atoms with Crippen LogP contribution in [0.25, 0.3) is 0 Å². The van der Waals surface area contributed by atoms with Gasteiger partial charge in [0, 0.05) is 12.7 Å². The molecule has 1 aromatic heterocycles. The smallest absolute Gasteiger partial charge is 0.247 e. The van der Waals surface area contributed by atoms with Crippen LogP contribution in [0.5, 0.6) is 11.5 Å². The van der Waals surface area contributed by atoms with E-state index in [1.54, 1.807) is 16.6 Å². The molecule has 0 fully saturated rings. The molecule has 25 heavy (non-hydrogen) atoms. The molecule has 1 atom stereocenters. The van der Waals surface area contributed by atoms with Crippen molar-refractivity contribution >= 4 is 5.91 Å². The van der Waals surface area contributed by atoms with Gasteiger partial charge in [-0.25, -0.2) is 0 Å². The molecule has 2 rings (SSSR count). The van der Waals surface area contributed by atoms with Gasteiger partial charge in [0.25, 0.3) is 0 Å². The summed E-state index contributed by atoms with van der Waals surface area (Å²) in [5.41, 5.74) is 1.89. The first-order valence-electron chi connectivity index (χ1n) is 8.56. The summed E-state index contributed by atoms with van der Waals surface area (Å²) in [5.74, 6) is 1.42. The Bertz CT molecular complexity index is 712. The van der Waals surface area contributed by atoms with Crippen molar-refractivity contribution in [2.45, 2.75) is 33.7 Å². The lowest BCUT2D eigenvalue weighted by molar-refractivity contribution is -0.133. The van der Waals surface area contributed by atoms with Crippen LogP contribution in [0.4, 0.5) is 0 Å². The second-order valence-electron chi connectivity index (χ2n) is 6.04. The highest BCUT2D eigenvalue weighted by Gasteiger charge is 2.21. The lowest BCUT2D eigenvalue weighted by Crippen LogP contribution is -2.36. The quantitative estimate of drug-likeness (QED) is 0.738. The van der Waals surface area contributed by atoms with Crippen molar-refractivity contribution in [2.75, 3.05) is 26.8 Å². The predicted molar refractivity (Wildman–Crippen MR) is 97.2 cm³/mol. The number of likely N-dealkylation sites (N-methyl/N-ethyl adjacent to an activating group) is 1. The van der Waals surface area contributed by atoms with Gasteiger partial charge in [0.1, 0.15) is 12.6 Å². The van der Waals surface area contributed by atoms with Crippen LogP contribution in [0.15, 0.2) is 30.3 Å². The molecule has 0 spiro atoms. The van der Waals surface area contributed by atoms with Gasteiger partial charge in [-0.2, -0.15) is 5.10 Å². The number of hydrogen-bond acceptors (Lipinski definition) is 4. The van der Waals surface area contributed by atoms with Crippen molar-refractivity contribution in [3.8, 4) is 11.5 Å². The van der Waals surface area contributed by atoms with Crippen LogP contribution in [-0.2, 0) is 4.79 Å². The molecule has 0 saturated carbocycles. The summed E-state index contributed by atoms with van der Waals surface area (Å²) in [6.45, 7) is 9.15. The number of ether oxygens (including phenoxy) is 2. The third-order valence-electron chi connectivity index (χ3n) is 3.98. The lowest BCUT2D eigenvalue weighted by Gasteiger charge is -2.22. The molecular formula is C19H27N3O3. The number of benzene rings is 1. The summed E-state index contributed by atoms with van der Waals surface area (Å²) in [4.78, 5) is 14.3. The SMILES string of the molecule is CCOc1ccccc1OCCN(C)C(=O)[C@@H](C)n1nc(C)cc1C. The largest absolute Gasteiger partial charge is 0.490 e. The number of nitrogens with zero attached hydrogens (tertiary/aromatic N) is 3. The maximum atomic E-state index is 12.6. The summed E-state index contributed by atoms with van der Waals surface area (Å²) in [7, 11) is 1.78. The molecule has 0 unspecified atom stereocenters. The topological polar surface area (TPSA) is 56.6 Å². The number of amides is 1. The van der Waals surface area contributed by atoms with E-state index >= 15 is 0 Å². The number of hydrogen-bond donors (Lipinski definition) is 0. The van der Waals surface area contributed by atoms with Crippen molar-refractivity contribution in [3.63, 3.8) is 0 Å². The second kappa shape index (κ2) is 8.55. The highest BCUT2D eigenvalue weighted by Crippen LogP contribution is 2.26. The number of carbonyl (C=O) groups is 1. The Hall–Kier alpha value is -2.50. The van der Waals surface area contributed by atoms with E-state index in [0.717, 1.165) is 17.1 Å². The minimum absolute atomic E-state index is 0.00731. The van der Waals surface area contributed by atoms with Crippen LogP contribution in [-0.4, -0.2) is 47.4 Å². The van der Waals surface area contributed by atoms with E-state index in [0.29, 0.717) is 25.5 Å². The van der Waals surface area contributed by atoms with Gasteiger partial charge in [0.05, 0.1) is 18.8 Å². The summed E-state index contributed by atoms with van der Waals surface area (Å²) in [6, 6.07) is 9.18. The maximum Gasteiger partial charge on any atom is 0.247 e. The number of para-hydroxylation sites is 2. The predicted octanol–water partition coefficient (Wildman–Crippen LogP) is 3.00. The fourth-order valence-corrected chi connectivity index (χ4v) is 2.71. The first kappa shape index (κ1) is 18.8. The molecule has 0 aliphatic carbocycles. The minimum Gasteiger partial charge on any atom is -0.490 e. The zero-order chi connectivity index (χ0) is 18.4. The number of aromatic nitrogens is 2. The Labute approximate surface area is 149 Å². The Kier molecular flexibility index (Phi) is 6.44. The third-order valence-corrected chi connectivity index (χ3v) is 3.98. The van der Waals surface area contributed by atoms with Crippen LogP contribution in [0.2, 0.25) is 0 Å². The van der Waals surface area contributed by atoms with E-state index in [1.807, 2.05) is 58.0 Å². The molecule has 1 aromatic carbocycles. The standard InChI is InChI=1S/C19H27N3O3/c1-6-24-17-9-7-8-10-18(17)25-12-11-21(5)19(23)16(4)22-15(3)13-14(2)20-22/h7-10,13,16H,6,11-12H2,1-5H3/t16-/m1/s1. The van der Waals surface area contributed by atoms with Crippen LogP contribution >= 0.6 is 0 Å². The molecule has 6 nitrogen and oxygen atoms in total. The van der Waals surface area contributed by atoms with Gasteiger partial charge in [-0.3, -0.25) is 9.48 Å². The van der Waals surface area contributed by atoms with Gasteiger partial charge >= 0.3 is 0 Å². The Morgan fingerprint density at radius 2 is 1.88 bits per heavy atom. The van der Waals surface area contributed by atoms with E-state index in [-0.39, 0.29) is 11.9 Å². The summed E-state index contributed by atoms with van der Waals surface area (Å²) in [6.07, 6.45) is 0. The monoisotopic (exact) mass is 345 g/mol. The van der Waals surface area contributed by atoms with E-state index in [4.69, 9.17) is 9.47 Å². The van der Waals surface area contributed by atoms with Gasteiger partial charge in [-0.15, -0.1) is 0 Å². The fraction of sp³-hybridized carbons (Fsp3) is 0.474. The minimum atomic E-state index is -0.339. The highest BCUT2D eigenvalue weighted by atomic mass is 16.5. The van der Waals surface area contributed by atoms with E-state index < -0.39 is 0 Å². The Morgan fingerprint density at radius 3 is 2.44 bits per heavy atom. The third kappa shape index (κ3) is 4.75. The number of carbonyl (C=O) groups excluding carboxylic acids is 1. The van der Waals surface area contributed by atoms with Crippen LogP contribution < -0.4 is 9.47 Å². The number of aryl methyl sites for hydroxylation is 2. The van der Waals surface area contributed by atoms with Crippen molar-refractivity contribution in [2.24, 2.45) is 0 Å². The average Bonchev–Trinajstić information content (AvgIpc) is 2.93. The van der Waals surface area contributed by atoms with Gasteiger partial charge in [0.15, 0.2) is 11.5 Å². The molecule has 0 aliphatic rings. The van der Waals surface area contributed by atoms with Gasteiger partial charge in [-0.05, 0) is 45.9 Å². The molecule has 0 bridgehead atoms. The highest BCUT2D eigenvalue weighted by molar-refractivity contribution is 5.79. The Morgan fingerprint density at radius 1 is 1.24 bits per heavy atom. The first-order valence-corrected chi connectivity index (χ1v) is 8.56. The molecule has 0 N–H and O–H groups in total. The molecule has 0 saturated heterocycles. The second-order valence-corrected chi connectivity index (χ2v) is 6.04. The molecular weight excluding hydrogens is 318 g/mol. The van der Waals surface area contributed by atoms with E-state index in [9.17, 15) is 4.79 Å². The molecule has 6 heteroatoms. The zero-order valence-corrected chi connectivity index (χ0v) is 15.7. The average molecular weight is 345 g/mol. The Balaban J connectivity index is 1.90. The number of rotatable bonds is 8. The van der Waals surface area contributed by atoms with Crippen molar-refractivity contribution < 1.29 is 14.3 Å². The summed E-state index contributed by atoms with van der Waals surface area (Å²) < 4.78 is 13.1. The lowest BCUT2D eigenvalue weighted by atomic mass is 10.3. The molecule has 0 aliphatic heterocycles. The van der Waals surface area contributed by atoms with Crippen molar-refractivity contribution in [1.29, 1.82) is 0 Å². The molecule has 136 valence electrons. The maximum absolute atomic E-state index is 12.6. The van der Waals surface area contributed by atoms with Crippen molar-refractivity contribution in [1.82, 2.24) is 14.7 Å². The molecule has 2 aromatic rings. The zero-order valence-electron chi connectivity index (χ0n) is 15.7. The summed E-state index contributed by atoms with van der Waals surface area (Å²) in [5, 5.41) is 4.39.